The van der Waals surface area contributed by atoms with Crippen LogP contribution in [-0.2, 0) is 11.3 Å². The zero-order valence-corrected chi connectivity index (χ0v) is 12.6. The summed E-state index contributed by atoms with van der Waals surface area (Å²) in [6.45, 7) is 5.58. The van der Waals surface area contributed by atoms with E-state index < -0.39 is 0 Å². The largest absolute Gasteiger partial charge is 0.341 e. The number of hydrogen-bond acceptors (Lipinski definition) is 3. The van der Waals surface area contributed by atoms with Gasteiger partial charge in [0.05, 0.1) is 17.2 Å². The van der Waals surface area contributed by atoms with Gasteiger partial charge in [0.2, 0.25) is 5.91 Å². The molecule has 1 amide bonds. The highest BCUT2D eigenvalue weighted by Crippen LogP contribution is 2.05. The highest BCUT2D eigenvalue weighted by molar-refractivity contribution is 5.78. The topological polar surface area (TPSA) is 55.2 Å². The van der Waals surface area contributed by atoms with Gasteiger partial charge in [0.25, 0.3) is 5.56 Å². The molecule has 21 heavy (non-hydrogen) atoms. The summed E-state index contributed by atoms with van der Waals surface area (Å²) in [6.07, 6.45) is 3.28. The average molecular weight is 287 g/mol. The second-order valence-electron chi connectivity index (χ2n) is 5.08. The lowest BCUT2D eigenvalue weighted by atomic mass is 10.2. The van der Waals surface area contributed by atoms with Crippen LogP contribution in [0.1, 0.15) is 26.7 Å². The molecule has 0 bridgehead atoms. The van der Waals surface area contributed by atoms with Gasteiger partial charge in [0.15, 0.2) is 0 Å². The molecule has 1 heterocycles. The summed E-state index contributed by atoms with van der Waals surface area (Å²) in [6, 6.07) is 7.18. The van der Waals surface area contributed by atoms with E-state index in [1.165, 1.54) is 10.9 Å². The lowest BCUT2D eigenvalue weighted by Gasteiger charge is -2.21. The zero-order chi connectivity index (χ0) is 15.2. The maximum atomic E-state index is 12.4. The molecule has 0 saturated heterocycles. The molecule has 0 aliphatic rings. The average Bonchev–Trinajstić information content (AvgIpc) is 2.50. The van der Waals surface area contributed by atoms with E-state index in [1.54, 1.807) is 18.2 Å². The van der Waals surface area contributed by atoms with E-state index in [-0.39, 0.29) is 18.0 Å². The number of hydrogen-bond donors (Lipinski definition) is 0. The third kappa shape index (κ3) is 3.48. The highest BCUT2D eigenvalue weighted by Gasteiger charge is 2.14. The molecule has 0 saturated carbocycles. The first-order valence-electron chi connectivity index (χ1n) is 7.39. The monoisotopic (exact) mass is 287 g/mol. The van der Waals surface area contributed by atoms with Crippen molar-refractivity contribution in [2.45, 2.75) is 33.2 Å². The molecular formula is C16H21N3O2. The molecule has 112 valence electrons. The summed E-state index contributed by atoms with van der Waals surface area (Å²) in [7, 11) is 0. The lowest BCUT2D eigenvalue weighted by molar-refractivity contribution is -0.132. The minimum atomic E-state index is -0.165. The molecule has 5 nitrogen and oxygen atoms in total. The van der Waals surface area contributed by atoms with Crippen molar-refractivity contribution < 1.29 is 4.79 Å². The Labute approximate surface area is 124 Å². The predicted octanol–water partition coefficient (Wildman–Crippen LogP) is 2.05. The molecule has 0 aliphatic heterocycles. The Morgan fingerprint density at radius 3 is 2.52 bits per heavy atom. The van der Waals surface area contributed by atoms with Crippen LogP contribution in [0.4, 0.5) is 0 Å². The summed E-state index contributed by atoms with van der Waals surface area (Å²) in [5.74, 6) is -0.0297. The quantitative estimate of drug-likeness (QED) is 0.817. The fourth-order valence-corrected chi connectivity index (χ4v) is 2.37. The number of fused-ring (bicyclic) bond motifs is 1. The molecule has 0 N–H and O–H groups in total. The Hall–Kier alpha value is -2.17. The highest BCUT2D eigenvalue weighted by atomic mass is 16.2. The van der Waals surface area contributed by atoms with Gasteiger partial charge in [0, 0.05) is 13.1 Å². The van der Waals surface area contributed by atoms with Crippen molar-refractivity contribution in [3.63, 3.8) is 0 Å². The van der Waals surface area contributed by atoms with Gasteiger partial charge in [-0.05, 0) is 25.0 Å². The number of nitrogens with zero attached hydrogens (tertiary/aromatic N) is 3. The molecule has 0 unspecified atom stereocenters. The second-order valence-corrected chi connectivity index (χ2v) is 5.08. The number of para-hydroxylation sites is 1. The first kappa shape index (κ1) is 15.2. The number of amides is 1. The van der Waals surface area contributed by atoms with Crippen LogP contribution in [-0.4, -0.2) is 33.4 Å². The van der Waals surface area contributed by atoms with E-state index in [0.717, 1.165) is 25.9 Å². The first-order chi connectivity index (χ1) is 10.2. The van der Waals surface area contributed by atoms with Gasteiger partial charge >= 0.3 is 0 Å². The van der Waals surface area contributed by atoms with Crippen molar-refractivity contribution in [3.05, 3.63) is 40.9 Å². The van der Waals surface area contributed by atoms with E-state index in [1.807, 2.05) is 24.8 Å². The molecule has 0 fully saturated rings. The SMILES string of the molecule is CCCN(CCC)C(=O)Cn1cnc2ccccc2c1=O. The van der Waals surface area contributed by atoms with Crippen LogP contribution < -0.4 is 5.56 Å². The van der Waals surface area contributed by atoms with Crippen molar-refractivity contribution in [1.82, 2.24) is 14.5 Å². The van der Waals surface area contributed by atoms with Crippen LogP contribution in [0.15, 0.2) is 35.4 Å². The third-order valence-electron chi connectivity index (χ3n) is 3.38. The molecular weight excluding hydrogens is 266 g/mol. The van der Waals surface area contributed by atoms with Crippen molar-refractivity contribution in [2.75, 3.05) is 13.1 Å². The maximum Gasteiger partial charge on any atom is 0.261 e. The molecule has 1 aromatic heterocycles. The zero-order valence-electron chi connectivity index (χ0n) is 12.6. The predicted molar refractivity (Wildman–Crippen MR) is 83.2 cm³/mol. The summed E-state index contributed by atoms with van der Waals surface area (Å²) in [4.78, 5) is 30.7. The van der Waals surface area contributed by atoms with E-state index in [0.29, 0.717) is 10.9 Å². The summed E-state index contributed by atoms with van der Waals surface area (Å²) in [5, 5.41) is 0.547. The Balaban J connectivity index is 2.24. The van der Waals surface area contributed by atoms with Crippen molar-refractivity contribution in [2.24, 2.45) is 0 Å². The van der Waals surface area contributed by atoms with Crippen LogP contribution in [0, 0.1) is 0 Å². The van der Waals surface area contributed by atoms with Gasteiger partial charge in [-0.1, -0.05) is 26.0 Å². The van der Waals surface area contributed by atoms with Gasteiger partial charge < -0.3 is 4.90 Å². The number of rotatable bonds is 6. The van der Waals surface area contributed by atoms with E-state index in [9.17, 15) is 9.59 Å². The summed E-state index contributed by atoms with van der Waals surface area (Å²) >= 11 is 0. The number of aromatic nitrogens is 2. The second kappa shape index (κ2) is 7.02. The number of carbonyl (C=O) groups excluding carboxylic acids is 1. The maximum absolute atomic E-state index is 12.4. The summed E-state index contributed by atoms with van der Waals surface area (Å²) < 4.78 is 1.39. The molecule has 0 radical (unpaired) electrons. The number of benzene rings is 1. The van der Waals surface area contributed by atoms with Crippen molar-refractivity contribution >= 4 is 16.8 Å². The Morgan fingerprint density at radius 1 is 1.19 bits per heavy atom. The third-order valence-corrected chi connectivity index (χ3v) is 3.38. The van der Waals surface area contributed by atoms with Crippen LogP contribution in [0.25, 0.3) is 10.9 Å². The fraction of sp³-hybridized carbons (Fsp3) is 0.438. The van der Waals surface area contributed by atoms with E-state index in [4.69, 9.17) is 0 Å². The Morgan fingerprint density at radius 2 is 1.86 bits per heavy atom. The van der Waals surface area contributed by atoms with Gasteiger partial charge in [0.1, 0.15) is 6.54 Å². The van der Waals surface area contributed by atoms with Gasteiger partial charge in [-0.3, -0.25) is 14.2 Å². The van der Waals surface area contributed by atoms with Crippen LogP contribution >= 0.6 is 0 Å². The normalized spacial score (nSPS) is 10.8. The minimum absolute atomic E-state index is 0.0297. The Kier molecular flexibility index (Phi) is 5.09. The number of carbonyl (C=O) groups is 1. The van der Waals surface area contributed by atoms with Gasteiger partial charge in [-0.2, -0.15) is 0 Å². The molecule has 0 spiro atoms. The van der Waals surface area contributed by atoms with E-state index in [2.05, 4.69) is 4.98 Å². The minimum Gasteiger partial charge on any atom is -0.341 e. The molecule has 2 rings (SSSR count). The van der Waals surface area contributed by atoms with Gasteiger partial charge in [-0.15, -0.1) is 0 Å². The molecule has 0 atom stereocenters. The lowest BCUT2D eigenvalue weighted by Crippen LogP contribution is -2.37. The van der Waals surface area contributed by atoms with Crippen LogP contribution in [0.5, 0.6) is 0 Å². The van der Waals surface area contributed by atoms with Crippen molar-refractivity contribution in [1.29, 1.82) is 0 Å². The fourth-order valence-electron chi connectivity index (χ4n) is 2.37. The molecule has 2 aromatic rings. The van der Waals surface area contributed by atoms with Crippen molar-refractivity contribution in [3.8, 4) is 0 Å². The van der Waals surface area contributed by atoms with Crippen LogP contribution in [0.2, 0.25) is 0 Å². The van der Waals surface area contributed by atoms with E-state index >= 15 is 0 Å². The molecule has 1 aromatic carbocycles. The Bertz CT molecular complexity index is 673. The standard InChI is InChI=1S/C16H21N3O2/c1-3-9-18(10-4-2)15(20)11-19-12-17-14-8-6-5-7-13(14)16(19)21/h5-8,12H,3-4,9-11H2,1-2H3. The van der Waals surface area contributed by atoms with Gasteiger partial charge in [-0.25, -0.2) is 4.98 Å². The first-order valence-corrected chi connectivity index (χ1v) is 7.39. The van der Waals surface area contributed by atoms with Crippen LogP contribution in [0.3, 0.4) is 0 Å². The summed E-state index contributed by atoms with van der Waals surface area (Å²) in [5.41, 5.74) is 0.493. The smallest absolute Gasteiger partial charge is 0.261 e. The molecule has 0 aliphatic carbocycles. The molecule has 5 heteroatoms.